The van der Waals surface area contributed by atoms with E-state index in [-0.39, 0.29) is 12.0 Å². The molecular weight excluding hydrogens is 370 g/mol. The summed E-state index contributed by atoms with van der Waals surface area (Å²) in [5.74, 6) is 0.542. The van der Waals surface area contributed by atoms with Crippen molar-refractivity contribution < 1.29 is 9.53 Å². The van der Waals surface area contributed by atoms with Gasteiger partial charge in [-0.25, -0.2) is 9.97 Å². The zero-order valence-electron chi connectivity index (χ0n) is 15.0. The number of nitrogens with zero attached hydrogens (tertiary/aromatic N) is 3. The van der Waals surface area contributed by atoms with E-state index in [1.54, 1.807) is 4.90 Å². The standard InChI is InChI=1S/C22H17N3O2S/c26-22(19-14-28-21(24-19)16-7-2-1-3-8-16)25-12-17(13-25)27-20-11-10-15-6-4-5-9-18(15)23-20/h1-11,14,17H,12-13H2. The molecule has 4 aromatic rings. The molecule has 5 rings (SSSR count). The van der Waals surface area contributed by atoms with Crippen LogP contribution in [-0.2, 0) is 0 Å². The molecule has 28 heavy (non-hydrogen) atoms. The van der Waals surface area contributed by atoms with Crippen molar-refractivity contribution in [3.05, 3.63) is 77.8 Å². The molecule has 0 saturated carbocycles. The minimum Gasteiger partial charge on any atom is -0.471 e. The summed E-state index contributed by atoms with van der Waals surface area (Å²) < 4.78 is 5.93. The number of para-hydroxylation sites is 1. The number of carbonyl (C=O) groups excluding carboxylic acids is 1. The van der Waals surface area contributed by atoms with Crippen molar-refractivity contribution in [1.82, 2.24) is 14.9 Å². The minimum atomic E-state index is -0.0512. The number of ether oxygens (including phenoxy) is 1. The van der Waals surface area contributed by atoms with Gasteiger partial charge in [0.1, 0.15) is 16.8 Å². The first kappa shape index (κ1) is 16.9. The van der Waals surface area contributed by atoms with Crippen LogP contribution < -0.4 is 4.74 Å². The van der Waals surface area contributed by atoms with Crippen LogP contribution in [0, 0.1) is 0 Å². The van der Waals surface area contributed by atoms with E-state index in [1.807, 2.05) is 72.1 Å². The average Bonchev–Trinajstić information content (AvgIpc) is 3.21. The second-order valence-corrected chi connectivity index (χ2v) is 7.55. The van der Waals surface area contributed by atoms with Gasteiger partial charge in [0, 0.05) is 22.4 Å². The lowest BCUT2D eigenvalue weighted by Gasteiger charge is -2.38. The number of aromatic nitrogens is 2. The van der Waals surface area contributed by atoms with Crippen LogP contribution in [0.15, 0.2) is 72.1 Å². The molecule has 1 fully saturated rings. The van der Waals surface area contributed by atoms with Gasteiger partial charge in [-0.3, -0.25) is 4.79 Å². The normalized spacial score (nSPS) is 14.1. The van der Waals surface area contributed by atoms with Gasteiger partial charge in [-0.1, -0.05) is 48.5 Å². The van der Waals surface area contributed by atoms with Gasteiger partial charge in [0.05, 0.1) is 18.6 Å². The number of pyridine rings is 1. The van der Waals surface area contributed by atoms with E-state index in [4.69, 9.17) is 4.74 Å². The molecule has 1 aliphatic rings. The van der Waals surface area contributed by atoms with E-state index in [0.717, 1.165) is 21.5 Å². The first-order chi connectivity index (χ1) is 13.8. The lowest BCUT2D eigenvalue weighted by molar-refractivity contribution is 0.0158. The summed E-state index contributed by atoms with van der Waals surface area (Å²) in [5.41, 5.74) is 2.42. The SMILES string of the molecule is O=C(c1csc(-c2ccccc2)n1)N1CC(Oc2ccc3ccccc3n2)C1. The summed E-state index contributed by atoms with van der Waals surface area (Å²) in [6, 6.07) is 21.7. The molecule has 3 heterocycles. The fraction of sp³-hybridized carbons (Fsp3) is 0.136. The van der Waals surface area contributed by atoms with Gasteiger partial charge in [-0.05, 0) is 12.1 Å². The Bertz CT molecular complexity index is 1140. The molecular formula is C22H17N3O2S. The number of likely N-dealkylation sites (tertiary alicyclic amines) is 1. The van der Waals surface area contributed by atoms with E-state index in [0.29, 0.717) is 24.7 Å². The zero-order chi connectivity index (χ0) is 18.9. The maximum Gasteiger partial charge on any atom is 0.273 e. The fourth-order valence-corrected chi connectivity index (χ4v) is 4.01. The Balaban J connectivity index is 1.22. The summed E-state index contributed by atoms with van der Waals surface area (Å²) in [6.45, 7) is 1.09. The monoisotopic (exact) mass is 387 g/mol. The number of thiazole rings is 1. The Labute approximate surface area is 166 Å². The highest BCUT2D eigenvalue weighted by Gasteiger charge is 2.34. The molecule has 2 aromatic carbocycles. The zero-order valence-corrected chi connectivity index (χ0v) is 15.8. The van der Waals surface area contributed by atoms with E-state index < -0.39 is 0 Å². The number of amides is 1. The molecule has 2 aromatic heterocycles. The van der Waals surface area contributed by atoms with Crippen molar-refractivity contribution in [2.24, 2.45) is 0 Å². The lowest BCUT2D eigenvalue weighted by Crippen LogP contribution is -2.56. The van der Waals surface area contributed by atoms with Crippen molar-refractivity contribution in [2.45, 2.75) is 6.10 Å². The molecule has 1 aliphatic heterocycles. The molecule has 0 unspecified atom stereocenters. The van der Waals surface area contributed by atoms with Crippen LogP contribution in [0.2, 0.25) is 0 Å². The molecule has 1 saturated heterocycles. The van der Waals surface area contributed by atoms with Crippen LogP contribution in [0.4, 0.5) is 0 Å². The maximum absolute atomic E-state index is 12.6. The number of benzene rings is 2. The summed E-state index contributed by atoms with van der Waals surface area (Å²) in [7, 11) is 0. The molecule has 0 radical (unpaired) electrons. The molecule has 0 N–H and O–H groups in total. The molecule has 0 atom stereocenters. The number of carbonyl (C=O) groups is 1. The van der Waals surface area contributed by atoms with Crippen molar-refractivity contribution in [2.75, 3.05) is 13.1 Å². The van der Waals surface area contributed by atoms with Crippen LogP contribution in [0.3, 0.4) is 0 Å². The molecule has 6 heteroatoms. The van der Waals surface area contributed by atoms with Gasteiger partial charge < -0.3 is 9.64 Å². The summed E-state index contributed by atoms with van der Waals surface area (Å²) in [5, 5.41) is 3.76. The highest BCUT2D eigenvalue weighted by Crippen LogP contribution is 2.26. The van der Waals surface area contributed by atoms with Gasteiger partial charge >= 0.3 is 0 Å². The van der Waals surface area contributed by atoms with Crippen LogP contribution >= 0.6 is 11.3 Å². The van der Waals surface area contributed by atoms with Gasteiger partial charge in [0.2, 0.25) is 5.88 Å². The summed E-state index contributed by atoms with van der Waals surface area (Å²) in [6.07, 6.45) is -0.0372. The van der Waals surface area contributed by atoms with E-state index in [9.17, 15) is 4.79 Å². The molecule has 0 bridgehead atoms. The Morgan fingerprint density at radius 2 is 1.75 bits per heavy atom. The molecule has 5 nitrogen and oxygen atoms in total. The number of rotatable bonds is 4. The number of fused-ring (bicyclic) bond motifs is 1. The second kappa shape index (κ2) is 7.05. The van der Waals surface area contributed by atoms with Crippen molar-refractivity contribution >= 4 is 28.1 Å². The van der Waals surface area contributed by atoms with E-state index >= 15 is 0 Å². The number of hydrogen-bond donors (Lipinski definition) is 0. The van der Waals surface area contributed by atoms with Gasteiger partial charge in [0.15, 0.2) is 0 Å². The molecule has 138 valence electrons. The van der Waals surface area contributed by atoms with Gasteiger partial charge in [-0.2, -0.15) is 0 Å². The van der Waals surface area contributed by atoms with Crippen LogP contribution in [0.1, 0.15) is 10.5 Å². The quantitative estimate of drug-likeness (QED) is 0.525. The highest BCUT2D eigenvalue weighted by molar-refractivity contribution is 7.13. The molecule has 0 aliphatic carbocycles. The summed E-state index contributed by atoms with van der Waals surface area (Å²) >= 11 is 1.49. The van der Waals surface area contributed by atoms with Crippen molar-refractivity contribution in [1.29, 1.82) is 0 Å². The first-order valence-corrected chi connectivity index (χ1v) is 9.97. The largest absolute Gasteiger partial charge is 0.471 e. The predicted octanol–water partition coefficient (Wildman–Crippen LogP) is 4.26. The number of hydrogen-bond acceptors (Lipinski definition) is 5. The van der Waals surface area contributed by atoms with Gasteiger partial charge in [-0.15, -0.1) is 11.3 Å². The Morgan fingerprint density at radius 1 is 0.964 bits per heavy atom. The predicted molar refractivity (Wildman–Crippen MR) is 110 cm³/mol. The van der Waals surface area contributed by atoms with Crippen LogP contribution in [0.5, 0.6) is 5.88 Å². The third kappa shape index (κ3) is 3.23. The maximum atomic E-state index is 12.6. The second-order valence-electron chi connectivity index (χ2n) is 6.70. The van der Waals surface area contributed by atoms with E-state index in [2.05, 4.69) is 9.97 Å². The van der Waals surface area contributed by atoms with Gasteiger partial charge in [0.25, 0.3) is 5.91 Å². The van der Waals surface area contributed by atoms with Crippen LogP contribution in [0.25, 0.3) is 21.5 Å². The summed E-state index contributed by atoms with van der Waals surface area (Å²) in [4.78, 5) is 23.4. The van der Waals surface area contributed by atoms with Crippen LogP contribution in [-0.4, -0.2) is 40.0 Å². The lowest BCUT2D eigenvalue weighted by atomic mass is 10.1. The van der Waals surface area contributed by atoms with Crippen molar-refractivity contribution in [3.8, 4) is 16.5 Å². The minimum absolute atomic E-state index is 0.0372. The third-order valence-corrected chi connectivity index (χ3v) is 5.63. The first-order valence-electron chi connectivity index (χ1n) is 9.09. The molecule has 1 amide bonds. The topological polar surface area (TPSA) is 55.3 Å². The van der Waals surface area contributed by atoms with E-state index in [1.165, 1.54) is 11.3 Å². The smallest absolute Gasteiger partial charge is 0.273 e. The van der Waals surface area contributed by atoms with Crippen molar-refractivity contribution in [3.63, 3.8) is 0 Å². The molecule has 0 spiro atoms. The highest BCUT2D eigenvalue weighted by atomic mass is 32.1. The average molecular weight is 387 g/mol. The Kier molecular flexibility index (Phi) is 4.25. The third-order valence-electron chi connectivity index (χ3n) is 4.74. The Morgan fingerprint density at radius 3 is 2.61 bits per heavy atom. The Hall–Kier alpha value is -3.25. The fourth-order valence-electron chi connectivity index (χ4n) is 3.21.